The van der Waals surface area contributed by atoms with Crippen LogP contribution in [0.2, 0.25) is 0 Å². The van der Waals surface area contributed by atoms with Gasteiger partial charge in [0.2, 0.25) is 0 Å². The molecule has 0 saturated carbocycles. The minimum atomic E-state index is 0.00569. The van der Waals surface area contributed by atoms with Gasteiger partial charge in [0.15, 0.2) is 0 Å². The van der Waals surface area contributed by atoms with Gasteiger partial charge in [0.1, 0.15) is 0 Å². The number of rotatable bonds is 4. The molecule has 0 aromatic heterocycles. The minimum Gasteiger partial charge on any atom is -0.321 e. The third-order valence-electron chi connectivity index (χ3n) is 2.75. The first-order chi connectivity index (χ1) is 7.16. The maximum absolute atomic E-state index is 6.18. The zero-order valence-corrected chi connectivity index (χ0v) is 9.53. The number of allylic oxidation sites excluding steroid dienone is 2. The summed E-state index contributed by atoms with van der Waals surface area (Å²) >= 11 is 0. The van der Waals surface area contributed by atoms with Crippen LogP contribution in [0.3, 0.4) is 0 Å². The molecule has 1 aromatic carbocycles. The van der Waals surface area contributed by atoms with Crippen molar-refractivity contribution < 1.29 is 0 Å². The molecular weight excluding hydrogens is 182 g/mol. The molecule has 1 unspecified atom stereocenters. The highest BCUT2D eigenvalue weighted by molar-refractivity contribution is 5.29. The van der Waals surface area contributed by atoms with E-state index in [4.69, 9.17) is 5.73 Å². The molecule has 0 saturated heterocycles. The van der Waals surface area contributed by atoms with Gasteiger partial charge in [-0.1, -0.05) is 47.6 Å². The van der Waals surface area contributed by atoms with E-state index in [0.717, 1.165) is 6.42 Å². The van der Waals surface area contributed by atoms with Gasteiger partial charge in [-0.05, 0) is 25.8 Å². The number of nitrogens with two attached hydrogens (primary N) is 1. The monoisotopic (exact) mass is 201 g/mol. The summed E-state index contributed by atoms with van der Waals surface area (Å²) in [5.41, 5.74) is 9.89. The Hall–Kier alpha value is -1.34. The summed E-state index contributed by atoms with van der Waals surface area (Å²) < 4.78 is 0. The summed E-state index contributed by atoms with van der Waals surface area (Å²) in [5, 5.41) is 0. The lowest BCUT2D eigenvalue weighted by atomic mass is 9.96. The van der Waals surface area contributed by atoms with E-state index in [2.05, 4.69) is 32.6 Å². The van der Waals surface area contributed by atoms with E-state index < -0.39 is 0 Å². The Balaban J connectivity index is 2.90. The van der Waals surface area contributed by atoms with Crippen molar-refractivity contribution in [3.8, 4) is 0 Å². The molecule has 0 fully saturated rings. The molecule has 1 rings (SSSR count). The molecule has 0 radical (unpaired) electrons. The van der Waals surface area contributed by atoms with Crippen molar-refractivity contribution in [3.63, 3.8) is 0 Å². The predicted octanol–water partition coefficient (Wildman–Crippen LogP) is 3.60. The molecule has 2 N–H and O–H groups in total. The summed E-state index contributed by atoms with van der Waals surface area (Å²) in [5.74, 6) is 0. The maximum atomic E-state index is 6.18. The van der Waals surface area contributed by atoms with E-state index in [9.17, 15) is 0 Å². The van der Waals surface area contributed by atoms with E-state index in [1.807, 2.05) is 24.3 Å². The summed E-state index contributed by atoms with van der Waals surface area (Å²) in [4.78, 5) is 0. The van der Waals surface area contributed by atoms with Gasteiger partial charge in [-0.2, -0.15) is 0 Å². The first-order valence-corrected chi connectivity index (χ1v) is 5.24. The second-order valence-electron chi connectivity index (χ2n) is 3.84. The first kappa shape index (κ1) is 11.7. The smallest absolute Gasteiger partial charge is 0.0510 e. The molecule has 1 nitrogen and oxygen atoms in total. The van der Waals surface area contributed by atoms with Crippen LogP contribution in [0.4, 0.5) is 0 Å². The highest BCUT2D eigenvalue weighted by Gasteiger charge is 2.08. The molecule has 0 aliphatic carbocycles. The van der Waals surface area contributed by atoms with Gasteiger partial charge in [-0.3, -0.25) is 0 Å². The Kier molecular flexibility index (Phi) is 4.32. The van der Waals surface area contributed by atoms with Gasteiger partial charge in [0, 0.05) is 0 Å². The van der Waals surface area contributed by atoms with Crippen molar-refractivity contribution in [1.29, 1.82) is 0 Å². The molecule has 0 bridgehead atoms. The predicted molar refractivity (Wildman–Crippen MR) is 66.6 cm³/mol. The second kappa shape index (κ2) is 5.52. The molecule has 0 aliphatic rings. The van der Waals surface area contributed by atoms with Crippen LogP contribution in [0.1, 0.15) is 31.9 Å². The Labute approximate surface area is 92.3 Å². The summed E-state index contributed by atoms with van der Waals surface area (Å²) in [6.07, 6.45) is 2.82. The lowest BCUT2D eigenvalue weighted by molar-refractivity contribution is 0.824. The first-order valence-electron chi connectivity index (χ1n) is 5.24. The van der Waals surface area contributed by atoms with Gasteiger partial charge in [0.05, 0.1) is 6.04 Å². The normalized spacial score (nSPS) is 14.3. The van der Waals surface area contributed by atoms with Gasteiger partial charge in [-0.25, -0.2) is 0 Å². The third-order valence-corrected chi connectivity index (χ3v) is 2.75. The lowest BCUT2D eigenvalue weighted by Gasteiger charge is -2.15. The molecule has 0 aliphatic heterocycles. The summed E-state index contributed by atoms with van der Waals surface area (Å²) in [7, 11) is 0. The third kappa shape index (κ3) is 3.07. The Morgan fingerprint density at radius 1 is 1.33 bits per heavy atom. The zero-order chi connectivity index (χ0) is 11.3. The maximum Gasteiger partial charge on any atom is 0.0510 e. The van der Waals surface area contributed by atoms with E-state index in [1.54, 1.807) is 0 Å². The van der Waals surface area contributed by atoms with Crippen LogP contribution in [0.25, 0.3) is 0 Å². The zero-order valence-electron chi connectivity index (χ0n) is 9.53. The van der Waals surface area contributed by atoms with E-state index in [0.29, 0.717) is 0 Å². The van der Waals surface area contributed by atoms with E-state index in [-0.39, 0.29) is 6.04 Å². The molecule has 15 heavy (non-hydrogen) atoms. The Morgan fingerprint density at radius 3 is 2.47 bits per heavy atom. The molecule has 1 atom stereocenters. The van der Waals surface area contributed by atoms with Gasteiger partial charge < -0.3 is 5.73 Å². The fourth-order valence-corrected chi connectivity index (χ4v) is 1.55. The highest BCUT2D eigenvalue weighted by Crippen LogP contribution is 2.22. The van der Waals surface area contributed by atoms with Crippen molar-refractivity contribution >= 4 is 0 Å². The van der Waals surface area contributed by atoms with Crippen LogP contribution in [0, 0.1) is 0 Å². The average molecular weight is 201 g/mol. The van der Waals surface area contributed by atoms with Crippen molar-refractivity contribution in [1.82, 2.24) is 0 Å². The fourth-order valence-electron chi connectivity index (χ4n) is 1.55. The van der Waals surface area contributed by atoms with Crippen molar-refractivity contribution in [3.05, 3.63) is 59.7 Å². The van der Waals surface area contributed by atoms with E-state index >= 15 is 0 Å². The number of hydrogen-bond donors (Lipinski definition) is 1. The molecule has 1 heteroatoms. The quantitative estimate of drug-likeness (QED) is 0.740. The average Bonchev–Trinajstić information content (AvgIpc) is 2.28. The Morgan fingerprint density at radius 2 is 1.93 bits per heavy atom. The minimum absolute atomic E-state index is 0.00569. The van der Waals surface area contributed by atoms with Crippen LogP contribution >= 0.6 is 0 Å². The summed E-state index contributed by atoms with van der Waals surface area (Å²) in [6.45, 7) is 7.94. The van der Waals surface area contributed by atoms with Crippen LogP contribution < -0.4 is 5.73 Å². The number of hydrogen-bond acceptors (Lipinski definition) is 1. The molecule has 0 amide bonds. The standard InChI is InChI=1S/C14H19N/c1-4-8-11(2)12(3)14(15)13-9-6-5-7-10-13/h4-7,9-10,14H,1,8,15H2,2-3H3. The topological polar surface area (TPSA) is 26.0 Å². The van der Waals surface area contributed by atoms with Crippen LogP contribution in [0.15, 0.2) is 54.1 Å². The van der Waals surface area contributed by atoms with Crippen molar-refractivity contribution in [2.45, 2.75) is 26.3 Å². The summed E-state index contributed by atoms with van der Waals surface area (Å²) in [6, 6.07) is 10.2. The second-order valence-corrected chi connectivity index (χ2v) is 3.84. The largest absolute Gasteiger partial charge is 0.321 e. The number of benzene rings is 1. The van der Waals surface area contributed by atoms with Crippen molar-refractivity contribution in [2.24, 2.45) is 5.73 Å². The van der Waals surface area contributed by atoms with Crippen LogP contribution in [-0.2, 0) is 0 Å². The lowest BCUT2D eigenvalue weighted by Crippen LogP contribution is -2.12. The van der Waals surface area contributed by atoms with Crippen LogP contribution in [-0.4, -0.2) is 0 Å². The SMILES string of the molecule is C=CCC(C)=C(C)C(N)c1ccccc1. The fraction of sp³-hybridized carbons (Fsp3) is 0.286. The van der Waals surface area contributed by atoms with Gasteiger partial charge in [0.25, 0.3) is 0 Å². The van der Waals surface area contributed by atoms with Gasteiger partial charge in [-0.15, -0.1) is 6.58 Å². The highest BCUT2D eigenvalue weighted by atomic mass is 14.6. The molecule has 1 aromatic rings. The van der Waals surface area contributed by atoms with Crippen molar-refractivity contribution in [2.75, 3.05) is 0 Å². The van der Waals surface area contributed by atoms with E-state index in [1.165, 1.54) is 16.7 Å². The Bertz CT molecular complexity index is 349. The molecule has 0 heterocycles. The molecule has 80 valence electrons. The molecular formula is C14H19N. The van der Waals surface area contributed by atoms with Crippen LogP contribution in [0.5, 0.6) is 0 Å². The van der Waals surface area contributed by atoms with Gasteiger partial charge >= 0.3 is 0 Å². The molecule has 0 spiro atoms.